The van der Waals surface area contributed by atoms with Crippen molar-refractivity contribution < 1.29 is 19.6 Å². The van der Waals surface area contributed by atoms with Crippen LogP contribution in [-0.2, 0) is 0 Å². The van der Waals surface area contributed by atoms with Gasteiger partial charge in [0.25, 0.3) is 23.0 Å². The molecule has 0 spiro atoms. The first-order chi connectivity index (χ1) is 12.7. The van der Waals surface area contributed by atoms with Gasteiger partial charge in [-0.05, 0) is 6.07 Å². The fraction of sp³-hybridized carbons (Fsp3) is 0. The van der Waals surface area contributed by atoms with Gasteiger partial charge in [0, 0.05) is 24.3 Å². The van der Waals surface area contributed by atoms with Crippen LogP contribution in [0.1, 0.15) is 10.4 Å². The molecule has 0 saturated heterocycles. The molecule has 3 aromatic rings. The van der Waals surface area contributed by atoms with Gasteiger partial charge in [0.1, 0.15) is 0 Å². The van der Waals surface area contributed by atoms with Gasteiger partial charge in [0.05, 0.1) is 36.6 Å². The maximum Gasteiger partial charge on any atom is 0.277 e. The number of nitro groups is 3. The predicted octanol–water partition coefficient (Wildman–Crippen LogP) is 3.27. The quantitative estimate of drug-likeness (QED) is 0.511. The fourth-order valence-corrected chi connectivity index (χ4v) is 3.03. The summed E-state index contributed by atoms with van der Waals surface area (Å²) >= 11 is 1.03. The predicted molar refractivity (Wildman–Crippen MR) is 94.0 cm³/mol. The van der Waals surface area contributed by atoms with Crippen LogP contribution in [-0.4, -0.2) is 25.7 Å². The molecule has 0 aliphatic carbocycles. The van der Waals surface area contributed by atoms with Crippen molar-refractivity contribution in [3.63, 3.8) is 0 Å². The number of anilines is 1. The van der Waals surface area contributed by atoms with Crippen LogP contribution in [0.15, 0.2) is 36.4 Å². The number of non-ortho nitro benzene ring substituents is 3. The topological polar surface area (TPSA) is 171 Å². The first-order valence-electron chi connectivity index (χ1n) is 7.05. The number of nitrogens with zero attached hydrogens (tertiary/aromatic N) is 4. The van der Waals surface area contributed by atoms with Crippen molar-refractivity contribution in [1.82, 2.24) is 4.98 Å². The Morgan fingerprint density at radius 3 is 2.04 bits per heavy atom. The number of amides is 1. The molecule has 27 heavy (non-hydrogen) atoms. The molecule has 0 bridgehead atoms. The second-order valence-corrected chi connectivity index (χ2v) is 6.17. The van der Waals surface area contributed by atoms with Crippen molar-refractivity contribution in [1.29, 1.82) is 0 Å². The Morgan fingerprint density at radius 2 is 1.48 bits per heavy atom. The van der Waals surface area contributed by atoms with Gasteiger partial charge in [-0.1, -0.05) is 11.3 Å². The summed E-state index contributed by atoms with van der Waals surface area (Å²) in [7, 11) is 0. The van der Waals surface area contributed by atoms with Crippen LogP contribution >= 0.6 is 11.3 Å². The third-order valence-electron chi connectivity index (χ3n) is 3.39. The molecule has 3 rings (SSSR count). The lowest BCUT2D eigenvalue weighted by atomic mass is 10.1. The number of nitrogens with one attached hydrogen (secondary N) is 1. The number of hydrogen-bond donors (Lipinski definition) is 1. The minimum Gasteiger partial charge on any atom is -0.298 e. The number of rotatable bonds is 5. The second-order valence-electron chi connectivity index (χ2n) is 5.13. The van der Waals surface area contributed by atoms with E-state index in [4.69, 9.17) is 0 Å². The number of thiazole rings is 1. The zero-order valence-corrected chi connectivity index (χ0v) is 13.8. The van der Waals surface area contributed by atoms with Gasteiger partial charge >= 0.3 is 0 Å². The Bertz CT molecular complexity index is 1090. The highest BCUT2D eigenvalue weighted by Crippen LogP contribution is 2.30. The average molecular weight is 389 g/mol. The standard InChI is InChI=1S/C14H7N5O7S/c20-13(7-3-9(18(23)24)5-10(4-7)19(25)26)16-14-15-11-6-8(17(21)22)1-2-12(11)27-14/h1-6H,(H,15,16,20). The Morgan fingerprint density at radius 1 is 0.889 bits per heavy atom. The molecular weight excluding hydrogens is 382 g/mol. The van der Waals surface area contributed by atoms with E-state index in [9.17, 15) is 35.1 Å². The summed E-state index contributed by atoms with van der Waals surface area (Å²) in [6, 6.07) is 6.54. The van der Waals surface area contributed by atoms with Crippen LogP contribution in [0.2, 0.25) is 0 Å². The van der Waals surface area contributed by atoms with Crippen LogP contribution in [0.5, 0.6) is 0 Å². The molecule has 0 aliphatic heterocycles. The molecule has 0 fully saturated rings. The molecular formula is C14H7N5O7S. The molecule has 136 valence electrons. The minimum atomic E-state index is -0.847. The van der Waals surface area contributed by atoms with Crippen molar-refractivity contribution >= 4 is 49.7 Å². The highest BCUT2D eigenvalue weighted by atomic mass is 32.1. The molecule has 0 saturated carbocycles. The number of fused-ring (bicyclic) bond motifs is 1. The lowest BCUT2D eigenvalue weighted by Crippen LogP contribution is -2.12. The maximum absolute atomic E-state index is 12.3. The molecule has 0 atom stereocenters. The first kappa shape index (κ1) is 17.8. The number of hydrogen-bond acceptors (Lipinski definition) is 9. The smallest absolute Gasteiger partial charge is 0.277 e. The first-order valence-corrected chi connectivity index (χ1v) is 7.86. The van der Waals surface area contributed by atoms with Gasteiger partial charge in [-0.15, -0.1) is 0 Å². The van der Waals surface area contributed by atoms with Crippen LogP contribution in [0.3, 0.4) is 0 Å². The molecule has 0 unspecified atom stereocenters. The van der Waals surface area contributed by atoms with E-state index in [1.165, 1.54) is 18.2 Å². The van der Waals surface area contributed by atoms with Gasteiger partial charge in [0.15, 0.2) is 5.13 Å². The Hall–Kier alpha value is -4.00. The highest BCUT2D eigenvalue weighted by Gasteiger charge is 2.21. The zero-order chi connectivity index (χ0) is 19.7. The van der Waals surface area contributed by atoms with Crippen molar-refractivity contribution in [3.8, 4) is 0 Å². The number of carbonyl (C=O) groups is 1. The second kappa shape index (κ2) is 6.72. The highest BCUT2D eigenvalue weighted by molar-refractivity contribution is 7.22. The molecule has 0 aliphatic rings. The fourth-order valence-electron chi connectivity index (χ4n) is 2.19. The summed E-state index contributed by atoms with van der Waals surface area (Å²) in [4.78, 5) is 46.7. The molecule has 12 nitrogen and oxygen atoms in total. The molecule has 13 heteroatoms. The zero-order valence-electron chi connectivity index (χ0n) is 13.0. The van der Waals surface area contributed by atoms with Crippen LogP contribution in [0, 0.1) is 30.3 Å². The van der Waals surface area contributed by atoms with E-state index in [2.05, 4.69) is 10.3 Å². The third kappa shape index (κ3) is 3.67. The van der Waals surface area contributed by atoms with Crippen molar-refractivity contribution in [3.05, 3.63) is 72.3 Å². The number of benzene rings is 2. The Balaban J connectivity index is 1.93. The average Bonchev–Trinajstić information content (AvgIpc) is 3.02. The van der Waals surface area contributed by atoms with Gasteiger partial charge < -0.3 is 0 Å². The lowest BCUT2D eigenvalue weighted by molar-refractivity contribution is -0.394. The molecule has 1 heterocycles. The Labute approximate surface area is 152 Å². The monoisotopic (exact) mass is 389 g/mol. The summed E-state index contributed by atoms with van der Waals surface area (Å²) in [5.74, 6) is -0.838. The van der Waals surface area contributed by atoms with Crippen molar-refractivity contribution in [2.45, 2.75) is 0 Å². The van der Waals surface area contributed by atoms with Crippen LogP contribution in [0.25, 0.3) is 10.2 Å². The normalized spacial score (nSPS) is 10.5. The van der Waals surface area contributed by atoms with E-state index in [0.717, 1.165) is 29.5 Å². The van der Waals surface area contributed by atoms with E-state index < -0.39 is 32.1 Å². The summed E-state index contributed by atoms with van der Waals surface area (Å²) in [5, 5.41) is 35.1. The Kier molecular flexibility index (Phi) is 4.43. The molecule has 1 aromatic heterocycles. The van der Waals surface area contributed by atoms with E-state index in [0.29, 0.717) is 4.70 Å². The van der Waals surface area contributed by atoms with Crippen molar-refractivity contribution in [2.24, 2.45) is 0 Å². The molecule has 0 radical (unpaired) electrons. The summed E-state index contributed by atoms with van der Waals surface area (Å²) < 4.78 is 0.570. The number of carbonyl (C=O) groups excluding carboxylic acids is 1. The summed E-state index contributed by atoms with van der Waals surface area (Å²) in [5.41, 5.74) is -1.38. The van der Waals surface area contributed by atoms with Gasteiger partial charge in [-0.2, -0.15) is 0 Å². The largest absolute Gasteiger partial charge is 0.298 e. The third-order valence-corrected chi connectivity index (χ3v) is 4.34. The summed E-state index contributed by atoms with van der Waals surface area (Å²) in [6.07, 6.45) is 0. The number of aromatic nitrogens is 1. The lowest BCUT2D eigenvalue weighted by Gasteiger charge is -2.02. The minimum absolute atomic E-state index is 0.0876. The molecule has 1 N–H and O–H groups in total. The van der Waals surface area contributed by atoms with Crippen LogP contribution < -0.4 is 5.32 Å². The summed E-state index contributed by atoms with van der Waals surface area (Å²) in [6.45, 7) is 0. The van der Waals surface area contributed by atoms with Gasteiger partial charge in [0.2, 0.25) is 0 Å². The van der Waals surface area contributed by atoms with E-state index >= 15 is 0 Å². The van der Waals surface area contributed by atoms with Gasteiger partial charge in [-0.25, -0.2) is 4.98 Å². The van der Waals surface area contributed by atoms with E-state index in [1.807, 2.05) is 0 Å². The SMILES string of the molecule is O=C(Nc1nc2cc([N+](=O)[O-])ccc2s1)c1cc([N+](=O)[O-])cc([N+](=O)[O-])c1. The maximum atomic E-state index is 12.3. The van der Waals surface area contributed by atoms with E-state index in [1.54, 1.807) is 0 Å². The number of nitro benzene ring substituents is 3. The van der Waals surface area contributed by atoms with Crippen molar-refractivity contribution in [2.75, 3.05) is 5.32 Å². The van der Waals surface area contributed by atoms with Crippen LogP contribution in [0.4, 0.5) is 22.2 Å². The molecule has 1 amide bonds. The van der Waals surface area contributed by atoms with E-state index in [-0.39, 0.29) is 21.9 Å². The van der Waals surface area contributed by atoms with Gasteiger partial charge in [-0.3, -0.25) is 40.5 Å². The molecule has 2 aromatic carbocycles.